The van der Waals surface area contributed by atoms with E-state index >= 15 is 0 Å². The highest BCUT2D eigenvalue weighted by molar-refractivity contribution is 6.03. The third-order valence-electron chi connectivity index (χ3n) is 2.35. The second kappa shape index (κ2) is 2.80. The number of hydrogen-bond acceptors (Lipinski definition) is 2. The Morgan fingerprint density at radius 1 is 1.31 bits per heavy atom. The number of ketones is 2. The monoisotopic (exact) mass is 173 g/mol. The predicted molar refractivity (Wildman–Crippen MR) is 48.8 cm³/mol. The van der Waals surface area contributed by atoms with Crippen molar-refractivity contribution in [2.75, 3.05) is 0 Å². The Morgan fingerprint density at radius 2 is 2.08 bits per heavy atom. The number of carbonyl (C=O) groups excluding carboxylic acids is 2. The number of aryl methyl sites for hydroxylation is 1. The van der Waals surface area contributed by atoms with E-state index < -0.39 is 0 Å². The predicted octanol–water partition coefficient (Wildman–Crippen LogP) is 1.83. The first-order chi connectivity index (χ1) is 6.18. The van der Waals surface area contributed by atoms with Crippen LogP contribution in [-0.4, -0.2) is 11.6 Å². The first-order valence-corrected chi connectivity index (χ1v) is 4.21. The summed E-state index contributed by atoms with van der Waals surface area (Å²) in [6.45, 7) is 3.33. The van der Waals surface area contributed by atoms with Crippen LogP contribution in [0.2, 0.25) is 0 Å². The summed E-state index contributed by atoms with van der Waals surface area (Å²) in [5, 5.41) is 0. The van der Waals surface area contributed by atoms with E-state index in [0.717, 1.165) is 17.5 Å². The van der Waals surface area contributed by atoms with E-state index in [9.17, 15) is 9.59 Å². The molecule has 1 aromatic rings. The Balaban J connectivity index is 2.51. The molecule has 0 heterocycles. The molecule has 0 amide bonds. The Morgan fingerprint density at radius 3 is 2.77 bits per heavy atom. The molecule has 2 nitrogen and oxygen atoms in total. The first-order valence-electron chi connectivity index (χ1n) is 4.21. The molecule has 0 N–H and O–H groups in total. The van der Waals surface area contributed by atoms with E-state index in [-0.39, 0.29) is 11.6 Å². The van der Waals surface area contributed by atoms with Crippen LogP contribution in [0.4, 0.5) is 0 Å². The van der Waals surface area contributed by atoms with Gasteiger partial charge < -0.3 is 0 Å². The summed E-state index contributed by atoms with van der Waals surface area (Å²) in [5.74, 6) is -0.0137. The van der Waals surface area contributed by atoms with Gasteiger partial charge in [0.25, 0.3) is 0 Å². The highest BCUT2D eigenvalue weighted by Gasteiger charge is 2.19. The molecule has 0 spiro atoms. The number of benzene rings is 1. The molecule has 1 aliphatic carbocycles. The zero-order valence-corrected chi connectivity index (χ0v) is 7.17. The smallest absolute Gasteiger partial charge is 0.163 e. The summed E-state index contributed by atoms with van der Waals surface area (Å²) in [7, 11) is 0. The molecule has 65 valence electrons. The van der Waals surface area contributed by atoms with Gasteiger partial charge in [0.15, 0.2) is 11.6 Å². The lowest BCUT2D eigenvalue weighted by Crippen LogP contribution is -1.96. The highest BCUT2D eigenvalue weighted by Crippen LogP contribution is 2.22. The SMILES string of the molecule is [CH2]C(=O)c1ccc2c(c1)CCC2=O. The van der Waals surface area contributed by atoms with Crippen LogP contribution in [0.3, 0.4) is 0 Å². The van der Waals surface area contributed by atoms with Gasteiger partial charge in [0.05, 0.1) is 0 Å². The summed E-state index contributed by atoms with van der Waals surface area (Å²) in [6, 6.07) is 5.16. The summed E-state index contributed by atoms with van der Waals surface area (Å²) in [5.41, 5.74) is 2.35. The van der Waals surface area contributed by atoms with Gasteiger partial charge in [-0.25, -0.2) is 0 Å². The fourth-order valence-electron chi connectivity index (χ4n) is 1.63. The minimum Gasteiger partial charge on any atom is -0.294 e. The van der Waals surface area contributed by atoms with Gasteiger partial charge in [0, 0.05) is 24.5 Å². The Kier molecular flexibility index (Phi) is 1.76. The fourth-order valence-corrected chi connectivity index (χ4v) is 1.63. The lowest BCUT2D eigenvalue weighted by atomic mass is 10.0. The number of rotatable bonds is 1. The normalized spacial score (nSPS) is 14.4. The van der Waals surface area contributed by atoms with Crippen LogP contribution >= 0.6 is 0 Å². The molecular formula is C11H9O2. The summed E-state index contributed by atoms with van der Waals surface area (Å²) >= 11 is 0. The molecule has 13 heavy (non-hydrogen) atoms. The van der Waals surface area contributed by atoms with Gasteiger partial charge in [-0.3, -0.25) is 9.59 Å². The van der Waals surface area contributed by atoms with Gasteiger partial charge >= 0.3 is 0 Å². The van der Waals surface area contributed by atoms with Crippen molar-refractivity contribution < 1.29 is 9.59 Å². The van der Waals surface area contributed by atoms with E-state index in [4.69, 9.17) is 0 Å². The van der Waals surface area contributed by atoms with Crippen molar-refractivity contribution in [1.82, 2.24) is 0 Å². The molecule has 1 aromatic carbocycles. The van der Waals surface area contributed by atoms with E-state index in [1.54, 1.807) is 18.2 Å². The maximum absolute atomic E-state index is 11.2. The van der Waals surface area contributed by atoms with Crippen molar-refractivity contribution >= 4 is 11.6 Å². The number of carbonyl (C=O) groups is 2. The minimum absolute atomic E-state index is 0.179. The molecule has 0 aliphatic heterocycles. The molecule has 1 aliphatic rings. The van der Waals surface area contributed by atoms with Crippen LogP contribution in [-0.2, 0) is 6.42 Å². The van der Waals surface area contributed by atoms with Crippen LogP contribution in [0.15, 0.2) is 18.2 Å². The Hall–Kier alpha value is -1.44. The van der Waals surface area contributed by atoms with Crippen LogP contribution in [0.5, 0.6) is 0 Å². The molecule has 0 fully saturated rings. The van der Waals surface area contributed by atoms with E-state index in [0.29, 0.717) is 12.0 Å². The number of fused-ring (bicyclic) bond motifs is 1. The maximum Gasteiger partial charge on any atom is 0.163 e. The van der Waals surface area contributed by atoms with Crippen molar-refractivity contribution in [3.8, 4) is 0 Å². The van der Waals surface area contributed by atoms with Crippen LogP contribution in [0.25, 0.3) is 0 Å². The Bertz CT molecular complexity index is 391. The van der Waals surface area contributed by atoms with Crippen LogP contribution in [0, 0.1) is 6.92 Å². The highest BCUT2D eigenvalue weighted by atomic mass is 16.1. The summed E-state index contributed by atoms with van der Waals surface area (Å²) in [4.78, 5) is 22.2. The zero-order chi connectivity index (χ0) is 9.42. The summed E-state index contributed by atoms with van der Waals surface area (Å²) in [6.07, 6.45) is 1.33. The van der Waals surface area contributed by atoms with Crippen molar-refractivity contribution in [3.63, 3.8) is 0 Å². The van der Waals surface area contributed by atoms with Crippen molar-refractivity contribution in [3.05, 3.63) is 41.8 Å². The third kappa shape index (κ3) is 1.28. The zero-order valence-electron chi connectivity index (χ0n) is 7.17. The molecule has 0 aromatic heterocycles. The molecule has 0 saturated heterocycles. The van der Waals surface area contributed by atoms with Gasteiger partial charge in [-0.2, -0.15) is 0 Å². The molecule has 2 rings (SSSR count). The first kappa shape index (κ1) is 8.17. The standard InChI is InChI=1S/C11H9O2/c1-7(12)8-2-4-10-9(6-8)3-5-11(10)13/h2,4,6H,1,3,5H2. The second-order valence-electron chi connectivity index (χ2n) is 3.22. The lowest BCUT2D eigenvalue weighted by Gasteiger charge is -1.99. The lowest BCUT2D eigenvalue weighted by molar-refractivity contribution is 0.0992. The second-order valence-corrected chi connectivity index (χ2v) is 3.22. The quantitative estimate of drug-likeness (QED) is 0.607. The molecular weight excluding hydrogens is 164 g/mol. The average molecular weight is 173 g/mol. The molecule has 0 saturated carbocycles. The van der Waals surface area contributed by atoms with Gasteiger partial charge in [0.2, 0.25) is 0 Å². The average Bonchev–Trinajstić information content (AvgIpc) is 2.47. The van der Waals surface area contributed by atoms with Gasteiger partial charge in [-0.15, -0.1) is 0 Å². The molecule has 0 bridgehead atoms. The van der Waals surface area contributed by atoms with Crippen molar-refractivity contribution in [2.45, 2.75) is 12.8 Å². The summed E-state index contributed by atoms with van der Waals surface area (Å²) < 4.78 is 0. The van der Waals surface area contributed by atoms with Gasteiger partial charge in [0.1, 0.15) is 0 Å². The molecule has 2 heteroatoms. The molecule has 0 unspecified atom stereocenters. The van der Waals surface area contributed by atoms with E-state index in [1.165, 1.54) is 0 Å². The minimum atomic E-state index is -0.192. The van der Waals surface area contributed by atoms with Crippen LogP contribution in [0.1, 0.15) is 32.7 Å². The number of hydrogen-bond donors (Lipinski definition) is 0. The fraction of sp³-hybridized carbons (Fsp3) is 0.182. The van der Waals surface area contributed by atoms with E-state index in [2.05, 4.69) is 6.92 Å². The Labute approximate surface area is 76.6 Å². The van der Waals surface area contributed by atoms with Gasteiger partial charge in [-0.1, -0.05) is 12.1 Å². The third-order valence-corrected chi connectivity index (χ3v) is 2.35. The van der Waals surface area contributed by atoms with Crippen molar-refractivity contribution in [1.29, 1.82) is 0 Å². The topological polar surface area (TPSA) is 34.1 Å². The van der Waals surface area contributed by atoms with Gasteiger partial charge in [-0.05, 0) is 18.1 Å². The van der Waals surface area contributed by atoms with Crippen LogP contribution < -0.4 is 0 Å². The maximum atomic E-state index is 11.2. The number of Topliss-reactive ketones (excluding diaryl/α,β-unsaturated/α-hetero) is 2. The molecule has 1 radical (unpaired) electrons. The molecule has 0 atom stereocenters. The van der Waals surface area contributed by atoms with E-state index in [1.807, 2.05) is 0 Å². The largest absolute Gasteiger partial charge is 0.294 e. The van der Waals surface area contributed by atoms with Crippen molar-refractivity contribution in [2.24, 2.45) is 0 Å².